The Morgan fingerprint density at radius 3 is 2.46 bits per heavy atom. The average molecular weight is 356 g/mol. The van der Waals surface area contributed by atoms with E-state index in [0.717, 1.165) is 25.8 Å². The van der Waals surface area contributed by atoms with Crippen molar-refractivity contribution in [3.63, 3.8) is 0 Å². The Balaban J connectivity index is 2.64. The van der Waals surface area contributed by atoms with Gasteiger partial charge in [-0.05, 0) is 32.0 Å². The van der Waals surface area contributed by atoms with Crippen LogP contribution in [0.2, 0.25) is 0 Å². The fraction of sp³-hybridized carbons (Fsp3) is 0.588. The van der Waals surface area contributed by atoms with E-state index >= 15 is 0 Å². The molecule has 1 amide bonds. The molecule has 0 bridgehead atoms. The van der Waals surface area contributed by atoms with E-state index < -0.39 is 15.9 Å². The first-order valence-corrected chi connectivity index (χ1v) is 10.1. The zero-order valence-electron chi connectivity index (χ0n) is 14.5. The lowest BCUT2D eigenvalue weighted by Crippen LogP contribution is -2.40. The van der Waals surface area contributed by atoms with Crippen LogP contribution in [0.3, 0.4) is 0 Å². The summed E-state index contributed by atoms with van der Waals surface area (Å²) in [6.45, 7) is 5.73. The van der Waals surface area contributed by atoms with Crippen LogP contribution < -0.4 is 5.32 Å². The van der Waals surface area contributed by atoms with Gasteiger partial charge in [0.25, 0.3) is 0 Å². The molecule has 0 heterocycles. The smallest absolute Gasteiger partial charge is 0.410 e. The van der Waals surface area contributed by atoms with Crippen LogP contribution in [0, 0.1) is 0 Å². The number of nitrogens with zero attached hydrogens (tertiary/aromatic N) is 1. The van der Waals surface area contributed by atoms with Crippen LogP contribution in [0.1, 0.15) is 33.1 Å². The maximum Gasteiger partial charge on any atom is 0.410 e. The van der Waals surface area contributed by atoms with E-state index in [0.29, 0.717) is 6.54 Å². The van der Waals surface area contributed by atoms with Gasteiger partial charge in [0.05, 0.1) is 11.5 Å². The van der Waals surface area contributed by atoms with Gasteiger partial charge < -0.3 is 10.1 Å². The van der Waals surface area contributed by atoms with E-state index in [1.165, 1.54) is 17.0 Å². The Hall–Kier alpha value is -1.60. The highest BCUT2D eigenvalue weighted by atomic mass is 32.2. The highest BCUT2D eigenvalue weighted by Gasteiger charge is 2.23. The van der Waals surface area contributed by atoms with Crippen molar-refractivity contribution in [1.82, 2.24) is 10.2 Å². The average Bonchev–Trinajstić information content (AvgIpc) is 2.58. The molecule has 1 aromatic rings. The van der Waals surface area contributed by atoms with Crippen LogP contribution in [-0.4, -0.2) is 51.5 Å². The van der Waals surface area contributed by atoms with Crippen molar-refractivity contribution < 1.29 is 17.9 Å². The molecule has 0 aliphatic heterocycles. The van der Waals surface area contributed by atoms with Gasteiger partial charge in [-0.2, -0.15) is 0 Å². The first kappa shape index (κ1) is 20.4. The van der Waals surface area contributed by atoms with Crippen LogP contribution in [0.15, 0.2) is 35.2 Å². The summed E-state index contributed by atoms with van der Waals surface area (Å²) in [5, 5.41) is 3.23. The minimum atomic E-state index is -3.58. The van der Waals surface area contributed by atoms with E-state index in [2.05, 4.69) is 12.2 Å². The van der Waals surface area contributed by atoms with E-state index in [1.807, 2.05) is 0 Å². The number of hydrogen-bond donors (Lipinski definition) is 1. The van der Waals surface area contributed by atoms with Crippen molar-refractivity contribution >= 4 is 15.9 Å². The summed E-state index contributed by atoms with van der Waals surface area (Å²) in [5.41, 5.74) is 0. The summed E-state index contributed by atoms with van der Waals surface area (Å²) in [5.74, 6) is -0.382. The van der Waals surface area contributed by atoms with E-state index in [9.17, 15) is 13.2 Å². The van der Waals surface area contributed by atoms with Crippen LogP contribution in [0.4, 0.5) is 4.79 Å². The Labute approximate surface area is 145 Å². The third-order valence-electron chi connectivity index (χ3n) is 3.47. The summed E-state index contributed by atoms with van der Waals surface area (Å²) >= 11 is 0. The van der Waals surface area contributed by atoms with Crippen molar-refractivity contribution in [1.29, 1.82) is 0 Å². The number of amides is 1. The zero-order chi connectivity index (χ0) is 17.8. The number of carbonyl (C=O) groups is 1. The summed E-state index contributed by atoms with van der Waals surface area (Å²) in [6.07, 6.45) is 2.76. The van der Waals surface area contributed by atoms with Gasteiger partial charge in [0.15, 0.2) is 9.84 Å². The second-order valence-electron chi connectivity index (χ2n) is 5.48. The van der Waals surface area contributed by atoms with Crippen molar-refractivity contribution in [2.24, 2.45) is 0 Å². The van der Waals surface area contributed by atoms with Gasteiger partial charge >= 0.3 is 6.09 Å². The Morgan fingerprint density at radius 1 is 1.12 bits per heavy atom. The molecular weight excluding hydrogens is 328 g/mol. The van der Waals surface area contributed by atoms with Crippen LogP contribution in [-0.2, 0) is 14.6 Å². The Morgan fingerprint density at radius 2 is 1.83 bits per heavy atom. The van der Waals surface area contributed by atoms with Gasteiger partial charge in [-0.3, -0.25) is 4.90 Å². The SMILES string of the molecule is CCCCCNCCN(CS(=O)(=O)c1ccccc1)C(=O)OCC. The third kappa shape index (κ3) is 7.31. The maximum atomic E-state index is 12.5. The molecule has 1 N–H and O–H groups in total. The van der Waals surface area contributed by atoms with E-state index in [1.54, 1.807) is 25.1 Å². The van der Waals surface area contributed by atoms with Crippen LogP contribution in [0.5, 0.6) is 0 Å². The number of nitrogens with one attached hydrogen (secondary N) is 1. The molecule has 1 rings (SSSR count). The highest BCUT2D eigenvalue weighted by Crippen LogP contribution is 2.12. The lowest BCUT2D eigenvalue weighted by Gasteiger charge is -2.22. The lowest BCUT2D eigenvalue weighted by molar-refractivity contribution is 0.113. The standard InChI is InChI=1S/C17H28N2O4S/c1-3-5-9-12-18-13-14-19(17(20)23-4-2)15-24(21,22)16-10-7-6-8-11-16/h6-8,10-11,18H,3-5,9,12-15H2,1-2H3. The molecule has 0 aliphatic rings. The van der Waals surface area contributed by atoms with Crippen molar-refractivity contribution in [3.8, 4) is 0 Å². The number of ether oxygens (including phenoxy) is 1. The van der Waals surface area contributed by atoms with E-state index in [4.69, 9.17) is 4.74 Å². The first-order chi connectivity index (χ1) is 11.5. The molecule has 0 unspecified atom stereocenters. The van der Waals surface area contributed by atoms with Gasteiger partial charge in [0.2, 0.25) is 0 Å². The molecule has 0 spiro atoms. The number of rotatable bonds is 11. The van der Waals surface area contributed by atoms with Gasteiger partial charge in [0.1, 0.15) is 5.88 Å². The molecule has 0 aromatic heterocycles. The Kier molecular flexibility index (Phi) is 9.41. The van der Waals surface area contributed by atoms with Crippen molar-refractivity contribution in [3.05, 3.63) is 30.3 Å². The predicted octanol–water partition coefficient (Wildman–Crippen LogP) is 2.66. The number of sulfone groups is 1. The lowest BCUT2D eigenvalue weighted by atomic mass is 10.2. The molecule has 0 atom stereocenters. The largest absolute Gasteiger partial charge is 0.450 e. The topological polar surface area (TPSA) is 75.7 Å². The maximum absolute atomic E-state index is 12.5. The molecule has 136 valence electrons. The molecule has 0 fully saturated rings. The summed E-state index contributed by atoms with van der Waals surface area (Å²) < 4.78 is 29.9. The second kappa shape index (κ2) is 11.0. The van der Waals surface area contributed by atoms with Crippen LogP contribution >= 0.6 is 0 Å². The fourth-order valence-corrected chi connectivity index (χ4v) is 3.54. The first-order valence-electron chi connectivity index (χ1n) is 8.41. The molecule has 0 radical (unpaired) electrons. The van der Waals surface area contributed by atoms with Crippen molar-refractivity contribution in [2.75, 3.05) is 32.1 Å². The molecule has 0 saturated carbocycles. The molecule has 7 heteroatoms. The normalized spacial score (nSPS) is 11.2. The minimum Gasteiger partial charge on any atom is -0.450 e. The van der Waals surface area contributed by atoms with E-state index in [-0.39, 0.29) is 23.9 Å². The Bertz CT molecular complexity index is 576. The van der Waals surface area contributed by atoms with Gasteiger partial charge in [0, 0.05) is 13.1 Å². The molecule has 6 nitrogen and oxygen atoms in total. The molecular formula is C17H28N2O4S. The van der Waals surface area contributed by atoms with Crippen LogP contribution in [0.25, 0.3) is 0 Å². The van der Waals surface area contributed by atoms with Gasteiger partial charge in [-0.15, -0.1) is 0 Å². The number of benzene rings is 1. The van der Waals surface area contributed by atoms with Gasteiger partial charge in [-0.25, -0.2) is 13.2 Å². The number of carbonyl (C=O) groups excluding carboxylic acids is 1. The number of unbranched alkanes of at least 4 members (excludes halogenated alkanes) is 2. The van der Waals surface area contributed by atoms with Crippen molar-refractivity contribution in [2.45, 2.75) is 38.0 Å². The number of hydrogen-bond acceptors (Lipinski definition) is 5. The zero-order valence-corrected chi connectivity index (χ0v) is 15.3. The second-order valence-corrected chi connectivity index (χ2v) is 7.44. The van der Waals surface area contributed by atoms with Gasteiger partial charge in [-0.1, -0.05) is 38.0 Å². The summed E-state index contributed by atoms with van der Waals surface area (Å²) in [7, 11) is -3.58. The molecule has 0 saturated heterocycles. The monoisotopic (exact) mass is 356 g/mol. The summed E-state index contributed by atoms with van der Waals surface area (Å²) in [4.78, 5) is 13.5. The fourth-order valence-electron chi connectivity index (χ4n) is 2.17. The summed E-state index contributed by atoms with van der Waals surface area (Å²) in [6, 6.07) is 8.14. The molecule has 0 aliphatic carbocycles. The molecule has 1 aromatic carbocycles. The predicted molar refractivity (Wildman–Crippen MR) is 94.6 cm³/mol. The highest BCUT2D eigenvalue weighted by molar-refractivity contribution is 7.91. The molecule has 24 heavy (non-hydrogen) atoms. The quantitative estimate of drug-likeness (QED) is 0.617. The minimum absolute atomic E-state index is 0.204. The third-order valence-corrected chi connectivity index (χ3v) is 5.11.